The first kappa shape index (κ1) is 21.2. The van der Waals surface area contributed by atoms with Gasteiger partial charge in [-0.05, 0) is 55.5 Å². The highest BCUT2D eigenvalue weighted by molar-refractivity contribution is 6.29. The van der Waals surface area contributed by atoms with Gasteiger partial charge in [-0.1, -0.05) is 17.7 Å². The second kappa shape index (κ2) is 8.04. The molecule has 1 aromatic carbocycles. The summed E-state index contributed by atoms with van der Waals surface area (Å²) in [6.45, 7) is -0.129. The zero-order valence-electron chi connectivity index (χ0n) is 17.6. The second-order valence-corrected chi connectivity index (χ2v) is 8.84. The molecule has 2 bridgehead atoms. The van der Waals surface area contributed by atoms with E-state index in [0.29, 0.717) is 22.4 Å². The number of aromatic nitrogens is 3. The zero-order chi connectivity index (χ0) is 23.3. The van der Waals surface area contributed by atoms with Crippen LogP contribution in [-0.2, 0) is 16.1 Å². The number of fused-ring (bicyclic) bond motifs is 3. The average molecular weight is 468 g/mol. The van der Waals surface area contributed by atoms with E-state index in [0.717, 1.165) is 19.3 Å². The largest absolute Gasteiger partial charge is 0.399 e. The number of rotatable bonds is 5. The Balaban J connectivity index is 1.42. The number of nitrogens with one attached hydrogen (secondary N) is 1. The van der Waals surface area contributed by atoms with Crippen LogP contribution in [0.5, 0.6) is 0 Å². The number of anilines is 2. The van der Waals surface area contributed by atoms with Gasteiger partial charge in [0.2, 0.25) is 11.8 Å². The van der Waals surface area contributed by atoms with E-state index in [1.165, 1.54) is 4.68 Å². The van der Waals surface area contributed by atoms with Crippen LogP contribution in [0.2, 0.25) is 5.15 Å². The van der Waals surface area contributed by atoms with Crippen LogP contribution in [0.15, 0.2) is 36.4 Å². The minimum absolute atomic E-state index is 0.0151. The molecule has 1 saturated heterocycles. The summed E-state index contributed by atoms with van der Waals surface area (Å²) in [6.07, 6.45) is 2.50. The van der Waals surface area contributed by atoms with Crippen molar-refractivity contribution in [3.8, 4) is 0 Å². The number of nitrogens with zero attached hydrogens (tertiary/aromatic N) is 4. The van der Waals surface area contributed by atoms with E-state index >= 15 is 0 Å². The molecule has 33 heavy (non-hydrogen) atoms. The molecule has 1 saturated carbocycles. The Morgan fingerprint density at radius 1 is 1.18 bits per heavy atom. The fourth-order valence-corrected chi connectivity index (χ4v) is 5.24. The number of pyridine rings is 1. The number of nitrogen functional groups attached to an aromatic ring is 1. The summed E-state index contributed by atoms with van der Waals surface area (Å²) in [5, 5.41) is 7.81. The van der Waals surface area contributed by atoms with E-state index in [9.17, 15) is 14.4 Å². The molecule has 2 aliphatic rings. The number of likely N-dealkylation sites (tertiary alicyclic amines) is 1. The van der Waals surface area contributed by atoms with Crippen LogP contribution in [0, 0.1) is 5.92 Å². The summed E-state index contributed by atoms with van der Waals surface area (Å²) in [7, 11) is 0. The summed E-state index contributed by atoms with van der Waals surface area (Å²) in [4.78, 5) is 44.2. The molecule has 1 aliphatic carbocycles. The summed E-state index contributed by atoms with van der Waals surface area (Å²) in [5.74, 6) is -0.832. The van der Waals surface area contributed by atoms with Gasteiger partial charge in [0.05, 0.1) is 5.52 Å². The van der Waals surface area contributed by atoms with Gasteiger partial charge >= 0.3 is 0 Å². The first-order valence-electron chi connectivity index (χ1n) is 10.6. The topological polar surface area (TPSA) is 149 Å². The maximum atomic E-state index is 13.4. The van der Waals surface area contributed by atoms with E-state index in [-0.39, 0.29) is 41.2 Å². The average Bonchev–Trinajstić information content (AvgIpc) is 3.46. The molecule has 2 fully saturated rings. The molecule has 170 valence electrons. The van der Waals surface area contributed by atoms with Crippen LogP contribution in [0.25, 0.3) is 10.9 Å². The molecule has 0 radical (unpaired) electrons. The molecular weight excluding hydrogens is 446 g/mol. The van der Waals surface area contributed by atoms with E-state index in [1.54, 1.807) is 41.3 Å². The predicted octanol–water partition coefficient (Wildman–Crippen LogP) is 1.78. The molecule has 0 spiro atoms. The lowest BCUT2D eigenvalue weighted by Gasteiger charge is -2.34. The van der Waals surface area contributed by atoms with Crippen molar-refractivity contribution in [2.24, 2.45) is 11.7 Å². The smallest absolute Gasteiger partial charge is 0.269 e. The van der Waals surface area contributed by atoms with Crippen LogP contribution in [0.1, 0.15) is 29.8 Å². The van der Waals surface area contributed by atoms with E-state index < -0.39 is 11.9 Å². The third-order valence-electron chi connectivity index (χ3n) is 6.40. The quantitative estimate of drug-likeness (QED) is 0.384. The molecule has 3 atom stereocenters. The molecule has 3 aromatic rings. The summed E-state index contributed by atoms with van der Waals surface area (Å²) in [6, 6.07) is 9.31. The van der Waals surface area contributed by atoms with Gasteiger partial charge in [0.1, 0.15) is 23.6 Å². The zero-order valence-corrected chi connectivity index (χ0v) is 18.3. The van der Waals surface area contributed by atoms with E-state index in [2.05, 4.69) is 15.4 Å². The Morgan fingerprint density at radius 3 is 2.76 bits per heavy atom. The lowest BCUT2D eigenvalue weighted by atomic mass is 9.97. The summed E-state index contributed by atoms with van der Waals surface area (Å²) < 4.78 is 1.44. The number of hydrogen-bond donors (Lipinski definition) is 3. The number of nitrogens with two attached hydrogens (primary N) is 2. The number of carbonyl (C=O) groups excluding carboxylic acids is 3. The van der Waals surface area contributed by atoms with Gasteiger partial charge in [-0.25, -0.2) is 4.98 Å². The van der Waals surface area contributed by atoms with Gasteiger partial charge in [0.25, 0.3) is 5.91 Å². The van der Waals surface area contributed by atoms with Crippen molar-refractivity contribution in [3.63, 3.8) is 0 Å². The first-order valence-corrected chi connectivity index (χ1v) is 11.0. The Kier molecular flexibility index (Phi) is 5.16. The Bertz CT molecular complexity index is 1290. The highest BCUT2D eigenvalue weighted by Gasteiger charge is 2.51. The van der Waals surface area contributed by atoms with Gasteiger partial charge in [-0.15, -0.1) is 0 Å². The normalized spacial score (nSPS) is 21.5. The Hall–Kier alpha value is -3.66. The number of amides is 3. The highest BCUT2D eigenvalue weighted by atomic mass is 35.5. The van der Waals surface area contributed by atoms with Crippen molar-refractivity contribution < 1.29 is 14.4 Å². The van der Waals surface area contributed by atoms with Crippen molar-refractivity contribution in [1.29, 1.82) is 0 Å². The number of hydrogen-bond acceptors (Lipinski definition) is 6. The molecule has 11 heteroatoms. The van der Waals surface area contributed by atoms with Crippen LogP contribution in [0.3, 0.4) is 0 Å². The number of piperidine rings is 1. The highest BCUT2D eigenvalue weighted by Crippen LogP contribution is 2.43. The standard InChI is InChI=1S/C22H22ClN7O3/c23-16-2-1-3-17(26-16)27-22(33)20-11-4-6-13(8-11)30(20)18(31)10-29-15-7-5-12(24)9-14(15)19(28-29)21(25)32/h1-3,5,7,9,11,13,20H,4,6,8,10,24H2,(H2,25,32)(H,26,27,33)/t11-,13+,20-/m0/s1. The Morgan fingerprint density at radius 2 is 2.00 bits per heavy atom. The van der Waals surface area contributed by atoms with Crippen LogP contribution in [0.4, 0.5) is 11.5 Å². The molecule has 1 aliphatic heterocycles. The van der Waals surface area contributed by atoms with Gasteiger partial charge < -0.3 is 21.7 Å². The van der Waals surface area contributed by atoms with Crippen molar-refractivity contribution in [2.45, 2.75) is 37.9 Å². The molecule has 2 aromatic heterocycles. The Labute approximate surface area is 193 Å². The molecule has 5 N–H and O–H groups in total. The first-order chi connectivity index (χ1) is 15.8. The van der Waals surface area contributed by atoms with Crippen LogP contribution < -0.4 is 16.8 Å². The number of carbonyl (C=O) groups is 3. The SMILES string of the molecule is NC(=O)c1nn(CC(=O)N2[C@@H]3CC[C@@H](C3)[C@H]2C(=O)Nc2cccc(Cl)n2)c2ccc(N)cc12. The minimum Gasteiger partial charge on any atom is -0.399 e. The minimum atomic E-state index is -0.705. The lowest BCUT2D eigenvalue weighted by Crippen LogP contribution is -2.52. The van der Waals surface area contributed by atoms with Gasteiger partial charge in [0.15, 0.2) is 5.69 Å². The third kappa shape index (κ3) is 3.76. The van der Waals surface area contributed by atoms with Gasteiger partial charge in [-0.2, -0.15) is 5.10 Å². The number of primary amides is 1. The van der Waals surface area contributed by atoms with Gasteiger partial charge in [-0.3, -0.25) is 19.1 Å². The molecular formula is C22H22ClN7O3. The summed E-state index contributed by atoms with van der Waals surface area (Å²) in [5.41, 5.74) is 12.4. The second-order valence-electron chi connectivity index (χ2n) is 8.45. The van der Waals surface area contributed by atoms with Crippen molar-refractivity contribution >= 4 is 51.7 Å². The lowest BCUT2D eigenvalue weighted by molar-refractivity contribution is -0.141. The van der Waals surface area contributed by atoms with Gasteiger partial charge in [0, 0.05) is 17.1 Å². The molecule has 3 heterocycles. The predicted molar refractivity (Wildman–Crippen MR) is 122 cm³/mol. The molecule has 5 rings (SSSR count). The van der Waals surface area contributed by atoms with Crippen molar-refractivity contribution in [3.05, 3.63) is 47.2 Å². The number of halogens is 1. The third-order valence-corrected chi connectivity index (χ3v) is 6.61. The summed E-state index contributed by atoms with van der Waals surface area (Å²) >= 11 is 5.92. The van der Waals surface area contributed by atoms with Crippen molar-refractivity contribution in [1.82, 2.24) is 19.7 Å². The van der Waals surface area contributed by atoms with Crippen LogP contribution >= 0.6 is 11.6 Å². The fourth-order valence-electron chi connectivity index (χ4n) is 5.07. The maximum absolute atomic E-state index is 13.4. The molecule has 10 nitrogen and oxygen atoms in total. The molecule has 0 unspecified atom stereocenters. The van der Waals surface area contributed by atoms with E-state index in [4.69, 9.17) is 23.1 Å². The fraction of sp³-hybridized carbons (Fsp3) is 0.318. The van der Waals surface area contributed by atoms with Crippen molar-refractivity contribution in [2.75, 3.05) is 11.1 Å². The number of benzene rings is 1. The van der Waals surface area contributed by atoms with Crippen LogP contribution in [-0.4, -0.2) is 49.5 Å². The van der Waals surface area contributed by atoms with E-state index in [1.807, 2.05) is 0 Å². The maximum Gasteiger partial charge on any atom is 0.269 e. The monoisotopic (exact) mass is 467 g/mol. The molecule has 3 amide bonds.